The van der Waals surface area contributed by atoms with Gasteiger partial charge in [-0.05, 0) is 37.1 Å². The molecule has 0 bridgehead atoms. The van der Waals surface area contributed by atoms with Crippen molar-refractivity contribution in [2.24, 2.45) is 5.73 Å². The minimum atomic E-state index is -0.477. The van der Waals surface area contributed by atoms with Crippen molar-refractivity contribution in [3.05, 3.63) is 46.7 Å². The van der Waals surface area contributed by atoms with E-state index >= 15 is 0 Å². The number of carbonyl (C=O) groups excluding carboxylic acids is 1. The summed E-state index contributed by atoms with van der Waals surface area (Å²) >= 11 is 5.95. The molecule has 1 aromatic carbocycles. The third-order valence-electron chi connectivity index (χ3n) is 3.03. The molecule has 1 saturated carbocycles. The van der Waals surface area contributed by atoms with Gasteiger partial charge in [0.15, 0.2) is 0 Å². The SMILES string of the molecule is NC(=O)c1cc(C2CC2)nn1-c1cccc(Cl)c1. The topological polar surface area (TPSA) is 60.9 Å². The molecule has 0 unspecified atom stereocenters. The zero-order valence-electron chi connectivity index (χ0n) is 9.64. The van der Waals surface area contributed by atoms with Crippen molar-refractivity contribution in [2.45, 2.75) is 18.8 Å². The molecule has 0 saturated heterocycles. The van der Waals surface area contributed by atoms with Crippen LogP contribution in [0.25, 0.3) is 5.69 Å². The molecular weight excluding hydrogens is 250 g/mol. The molecule has 1 heterocycles. The smallest absolute Gasteiger partial charge is 0.267 e. The van der Waals surface area contributed by atoms with E-state index in [1.807, 2.05) is 12.1 Å². The van der Waals surface area contributed by atoms with Crippen LogP contribution >= 0.6 is 11.6 Å². The second kappa shape index (κ2) is 4.14. The van der Waals surface area contributed by atoms with Crippen LogP contribution in [0.4, 0.5) is 0 Å². The molecule has 2 N–H and O–H groups in total. The van der Waals surface area contributed by atoms with Crippen molar-refractivity contribution in [2.75, 3.05) is 0 Å². The summed E-state index contributed by atoms with van der Waals surface area (Å²) in [6, 6.07) is 8.99. The third kappa shape index (κ3) is 1.99. The van der Waals surface area contributed by atoms with Gasteiger partial charge >= 0.3 is 0 Å². The molecule has 92 valence electrons. The lowest BCUT2D eigenvalue weighted by Gasteiger charge is -2.04. The highest BCUT2D eigenvalue weighted by atomic mass is 35.5. The minimum absolute atomic E-state index is 0.402. The maximum atomic E-state index is 11.5. The molecule has 0 atom stereocenters. The molecule has 0 radical (unpaired) electrons. The van der Waals surface area contributed by atoms with E-state index in [9.17, 15) is 4.79 Å². The zero-order valence-corrected chi connectivity index (χ0v) is 10.4. The lowest BCUT2D eigenvalue weighted by atomic mass is 10.2. The first-order chi connectivity index (χ1) is 8.65. The van der Waals surface area contributed by atoms with Gasteiger partial charge in [-0.2, -0.15) is 5.10 Å². The summed E-state index contributed by atoms with van der Waals surface area (Å²) in [5, 5.41) is 5.07. The molecule has 0 spiro atoms. The number of amides is 1. The Balaban J connectivity index is 2.11. The van der Waals surface area contributed by atoms with E-state index in [4.69, 9.17) is 17.3 Å². The van der Waals surface area contributed by atoms with Crippen LogP contribution in [-0.4, -0.2) is 15.7 Å². The van der Waals surface area contributed by atoms with Crippen LogP contribution in [0.2, 0.25) is 5.02 Å². The quantitative estimate of drug-likeness (QED) is 0.923. The fourth-order valence-corrected chi connectivity index (χ4v) is 2.14. The predicted molar refractivity (Wildman–Crippen MR) is 69.1 cm³/mol. The summed E-state index contributed by atoms with van der Waals surface area (Å²) in [5.41, 5.74) is 7.48. The van der Waals surface area contributed by atoms with Gasteiger partial charge in [-0.1, -0.05) is 17.7 Å². The first-order valence-electron chi connectivity index (χ1n) is 5.81. The molecule has 0 aliphatic heterocycles. The first-order valence-corrected chi connectivity index (χ1v) is 6.18. The maximum Gasteiger partial charge on any atom is 0.267 e. The Morgan fingerprint density at radius 3 is 2.78 bits per heavy atom. The molecule has 1 amide bonds. The second-order valence-electron chi connectivity index (χ2n) is 4.48. The van der Waals surface area contributed by atoms with Gasteiger partial charge in [-0.25, -0.2) is 4.68 Å². The van der Waals surface area contributed by atoms with E-state index in [0.29, 0.717) is 16.6 Å². The van der Waals surface area contributed by atoms with Crippen LogP contribution in [0.5, 0.6) is 0 Å². The molecule has 18 heavy (non-hydrogen) atoms. The molecule has 1 aliphatic rings. The standard InChI is InChI=1S/C13H12ClN3O/c14-9-2-1-3-10(6-9)17-12(13(15)18)7-11(16-17)8-4-5-8/h1-3,6-8H,4-5H2,(H2,15,18). The normalized spacial score (nSPS) is 14.7. The van der Waals surface area contributed by atoms with E-state index in [1.165, 1.54) is 0 Å². The number of aromatic nitrogens is 2. The lowest BCUT2D eigenvalue weighted by Crippen LogP contribution is -2.16. The Kier molecular flexibility index (Phi) is 2.59. The number of rotatable bonds is 3. The van der Waals surface area contributed by atoms with Crippen LogP contribution in [0.3, 0.4) is 0 Å². The Hall–Kier alpha value is -1.81. The lowest BCUT2D eigenvalue weighted by molar-refractivity contribution is 0.0993. The Labute approximate surface area is 109 Å². The number of carbonyl (C=O) groups is 1. The Bertz CT molecular complexity index is 616. The summed E-state index contributed by atoms with van der Waals surface area (Å²) in [5.74, 6) is -0.00194. The zero-order chi connectivity index (χ0) is 12.7. The summed E-state index contributed by atoms with van der Waals surface area (Å²) < 4.78 is 1.57. The predicted octanol–water partition coefficient (Wildman–Crippen LogP) is 2.50. The summed E-state index contributed by atoms with van der Waals surface area (Å²) in [6.45, 7) is 0. The van der Waals surface area contributed by atoms with Gasteiger partial charge in [0.25, 0.3) is 5.91 Å². The fraction of sp³-hybridized carbons (Fsp3) is 0.231. The van der Waals surface area contributed by atoms with Crippen molar-refractivity contribution in [1.82, 2.24) is 9.78 Å². The van der Waals surface area contributed by atoms with Crippen molar-refractivity contribution >= 4 is 17.5 Å². The van der Waals surface area contributed by atoms with Crippen LogP contribution in [0, 0.1) is 0 Å². The monoisotopic (exact) mass is 261 g/mol. The van der Waals surface area contributed by atoms with Crippen LogP contribution in [-0.2, 0) is 0 Å². The Morgan fingerprint density at radius 2 is 2.17 bits per heavy atom. The van der Waals surface area contributed by atoms with Crippen molar-refractivity contribution in [1.29, 1.82) is 0 Å². The molecular formula is C13H12ClN3O. The van der Waals surface area contributed by atoms with E-state index < -0.39 is 5.91 Å². The van der Waals surface area contributed by atoms with E-state index in [1.54, 1.807) is 22.9 Å². The van der Waals surface area contributed by atoms with E-state index in [2.05, 4.69) is 5.10 Å². The largest absolute Gasteiger partial charge is 0.364 e. The van der Waals surface area contributed by atoms with Gasteiger partial charge in [0.2, 0.25) is 0 Å². The molecule has 2 aromatic rings. The number of primary amides is 1. The number of hydrogen-bond acceptors (Lipinski definition) is 2. The first kappa shape index (κ1) is 11.3. The average molecular weight is 262 g/mol. The maximum absolute atomic E-state index is 11.5. The van der Waals surface area contributed by atoms with Crippen LogP contribution < -0.4 is 5.73 Å². The average Bonchev–Trinajstić information content (AvgIpc) is 3.08. The van der Waals surface area contributed by atoms with Crippen molar-refractivity contribution < 1.29 is 4.79 Å². The molecule has 1 aliphatic carbocycles. The third-order valence-corrected chi connectivity index (χ3v) is 3.26. The summed E-state index contributed by atoms with van der Waals surface area (Å²) in [7, 11) is 0. The van der Waals surface area contributed by atoms with Crippen molar-refractivity contribution in [3.8, 4) is 5.69 Å². The fourth-order valence-electron chi connectivity index (χ4n) is 1.96. The van der Waals surface area contributed by atoms with Gasteiger partial charge < -0.3 is 5.73 Å². The van der Waals surface area contributed by atoms with Gasteiger partial charge in [0, 0.05) is 10.9 Å². The number of benzene rings is 1. The molecule has 1 aromatic heterocycles. The van der Waals surface area contributed by atoms with Gasteiger partial charge in [0.05, 0.1) is 11.4 Å². The minimum Gasteiger partial charge on any atom is -0.364 e. The highest BCUT2D eigenvalue weighted by molar-refractivity contribution is 6.30. The van der Waals surface area contributed by atoms with Gasteiger partial charge in [-0.3, -0.25) is 4.79 Å². The number of nitrogens with two attached hydrogens (primary N) is 1. The van der Waals surface area contributed by atoms with Gasteiger partial charge in [0.1, 0.15) is 5.69 Å². The highest BCUT2D eigenvalue weighted by Gasteiger charge is 2.28. The second-order valence-corrected chi connectivity index (χ2v) is 4.92. The molecule has 1 fully saturated rings. The van der Waals surface area contributed by atoms with Gasteiger partial charge in [-0.15, -0.1) is 0 Å². The van der Waals surface area contributed by atoms with E-state index in [0.717, 1.165) is 24.2 Å². The number of nitrogens with zero attached hydrogens (tertiary/aromatic N) is 2. The molecule has 5 heteroatoms. The van der Waals surface area contributed by atoms with Crippen LogP contribution in [0.1, 0.15) is 34.9 Å². The number of hydrogen-bond donors (Lipinski definition) is 1. The molecule has 4 nitrogen and oxygen atoms in total. The van der Waals surface area contributed by atoms with E-state index in [-0.39, 0.29) is 0 Å². The molecule has 3 rings (SSSR count). The number of halogens is 1. The van der Waals surface area contributed by atoms with Crippen molar-refractivity contribution in [3.63, 3.8) is 0 Å². The highest BCUT2D eigenvalue weighted by Crippen LogP contribution is 2.39. The van der Waals surface area contributed by atoms with Crippen LogP contribution in [0.15, 0.2) is 30.3 Å². The summed E-state index contributed by atoms with van der Waals surface area (Å²) in [6.07, 6.45) is 2.26. The summed E-state index contributed by atoms with van der Waals surface area (Å²) in [4.78, 5) is 11.5. The Morgan fingerprint density at radius 1 is 1.39 bits per heavy atom.